The first-order valence-corrected chi connectivity index (χ1v) is 8.69. The number of hydrogen-bond acceptors (Lipinski definition) is 3. The highest BCUT2D eigenvalue weighted by atomic mass is 35.5. The molecule has 1 saturated heterocycles. The topological polar surface area (TPSA) is 55.6 Å². The molecule has 4 nitrogen and oxygen atoms in total. The van der Waals surface area contributed by atoms with Crippen LogP contribution in [0, 0.1) is 5.92 Å². The standard InChI is InChI=1S/C19H30N2O2.ClH/c1-13(2)16-7-5-9-18(11-16)23-15(4)19(22)21-10-6-8-17(12-21)14(3)20;/h5,7,9,11,13-15,17H,6,8,10,12,20H2,1-4H3;1H. The minimum absolute atomic E-state index is 0. The maximum atomic E-state index is 12.6. The van der Waals surface area contributed by atoms with Crippen LogP contribution >= 0.6 is 12.4 Å². The summed E-state index contributed by atoms with van der Waals surface area (Å²) in [6.07, 6.45) is 1.66. The van der Waals surface area contributed by atoms with E-state index in [4.69, 9.17) is 10.5 Å². The summed E-state index contributed by atoms with van der Waals surface area (Å²) in [6, 6.07) is 8.13. The predicted octanol–water partition coefficient (Wildman–Crippen LogP) is 3.58. The third-order valence-electron chi connectivity index (χ3n) is 4.70. The first-order chi connectivity index (χ1) is 10.9. The summed E-state index contributed by atoms with van der Waals surface area (Å²) in [4.78, 5) is 14.6. The minimum Gasteiger partial charge on any atom is -0.481 e. The molecule has 1 aromatic rings. The number of benzene rings is 1. The maximum absolute atomic E-state index is 12.6. The second-order valence-electron chi connectivity index (χ2n) is 7.03. The molecule has 0 radical (unpaired) electrons. The van der Waals surface area contributed by atoms with E-state index in [1.165, 1.54) is 5.56 Å². The van der Waals surface area contributed by atoms with Gasteiger partial charge in [0.05, 0.1) is 0 Å². The van der Waals surface area contributed by atoms with Gasteiger partial charge in [0.1, 0.15) is 5.75 Å². The highest BCUT2D eigenvalue weighted by molar-refractivity contribution is 5.85. The summed E-state index contributed by atoms with van der Waals surface area (Å²) in [5.41, 5.74) is 7.22. The summed E-state index contributed by atoms with van der Waals surface area (Å²) < 4.78 is 5.89. The van der Waals surface area contributed by atoms with Crippen LogP contribution in [0.5, 0.6) is 5.75 Å². The lowest BCUT2D eigenvalue weighted by molar-refractivity contribution is -0.139. The second-order valence-corrected chi connectivity index (χ2v) is 7.03. The van der Waals surface area contributed by atoms with Crippen LogP contribution < -0.4 is 10.5 Å². The second kappa shape index (κ2) is 9.28. The van der Waals surface area contributed by atoms with Gasteiger partial charge in [-0.25, -0.2) is 0 Å². The van der Waals surface area contributed by atoms with Crippen LogP contribution in [0.15, 0.2) is 24.3 Å². The molecule has 1 fully saturated rings. The lowest BCUT2D eigenvalue weighted by Crippen LogP contribution is -2.48. The summed E-state index contributed by atoms with van der Waals surface area (Å²) in [5, 5.41) is 0. The molecule has 1 heterocycles. The van der Waals surface area contributed by atoms with Gasteiger partial charge in [-0.2, -0.15) is 0 Å². The van der Waals surface area contributed by atoms with E-state index in [1.54, 1.807) is 0 Å². The SMILES string of the molecule is CC(Oc1cccc(C(C)C)c1)C(=O)N1CCCC(C(C)N)C1.Cl. The molecule has 2 N–H and O–H groups in total. The van der Waals surface area contributed by atoms with E-state index in [1.807, 2.05) is 36.9 Å². The molecule has 1 amide bonds. The van der Waals surface area contributed by atoms with Crippen LogP contribution in [0.1, 0.15) is 52.0 Å². The van der Waals surface area contributed by atoms with Gasteiger partial charge in [-0.1, -0.05) is 26.0 Å². The Morgan fingerprint density at radius 1 is 1.29 bits per heavy atom. The molecule has 0 bridgehead atoms. The minimum atomic E-state index is -0.468. The van der Waals surface area contributed by atoms with Crippen molar-refractivity contribution in [3.63, 3.8) is 0 Å². The third-order valence-corrected chi connectivity index (χ3v) is 4.70. The van der Waals surface area contributed by atoms with Gasteiger partial charge in [-0.15, -0.1) is 12.4 Å². The van der Waals surface area contributed by atoms with Gasteiger partial charge in [-0.05, 0) is 56.2 Å². The van der Waals surface area contributed by atoms with Crippen molar-refractivity contribution in [2.24, 2.45) is 11.7 Å². The molecule has 1 aromatic carbocycles. The Kier molecular flexibility index (Phi) is 8.04. The average Bonchev–Trinajstić information content (AvgIpc) is 2.54. The van der Waals surface area contributed by atoms with Crippen molar-refractivity contribution >= 4 is 18.3 Å². The molecule has 5 heteroatoms. The number of nitrogens with zero attached hydrogens (tertiary/aromatic N) is 1. The molecule has 0 spiro atoms. The van der Waals surface area contributed by atoms with Crippen molar-refractivity contribution in [3.8, 4) is 5.75 Å². The quantitative estimate of drug-likeness (QED) is 0.879. The summed E-state index contributed by atoms with van der Waals surface area (Å²) in [5.74, 6) is 1.66. The monoisotopic (exact) mass is 354 g/mol. The number of carbonyl (C=O) groups excluding carboxylic acids is 1. The molecule has 0 saturated carbocycles. The molecule has 3 unspecified atom stereocenters. The third kappa shape index (κ3) is 5.38. The first-order valence-electron chi connectivity index (χ1n) is 8.69. The molecule has 2 rings (SSSR count). The van der Waals surface area contributed by atoms with Gasteiger partial charge in [0.2, 0.25) is 0 Å². The fourth-order valence-electron chi connectivity index (χ4n) is 3.10. The van der Waals surface area contributed by atoms with E-state index < -0.39 is 6.10 Å². The molecule has 1 aliphatic rings. The summed E-state index contributed by atoms with van der Waals surface area (Å²) in [7, 11) is 0. The van der Waals surface area contributed by atoms with E-state index >= 15 is 0 Å². The van der Waals surface area contributed by atoms with Gasteiger partial charge < -0.3 is 15.4 Å². The zero-order chi connectivity index (χ0) is 17.0. The van der Waals surface area contributed by atoms with Crippen molar-refractivity contribution in [3.05, 3.63) is 29.8 Å². The normalized spacial score (nSPS) is 20.2. The van der Waals surface area contributed by atoms with Crippen molar-refractivity contribution in [2.75, 3.05) is 13.1 Å². The highest BCUT2D eigenvalue weighted by Crippen LogP contribution is 2.23. The average molecular weight is 355 g/mol. The van der Waals surface area contributed by atoms with Gasteiger partial charge in [-0.3, -0.25) is 4.79 Å². The fraction of sp³-hybridized carbons (Fsp3) is 0.632. The molecule has 0 aliphatic carbocycles. The lowest BCUT2D eigenvalue weighted by atomic mass is 9.92. The lowest BCUT2D eigenvalue weighted by Gasteiger charge is -2.35. The summed E-state index contributed by atoms with van der Waals surface area (Å²) >= 11 is 0. The van der Waals surface area contributed by atoms with Crippen LogP contribution in [0.3, 0.4) is 0 Å². The molecule has 1 aliphatic heterocycles. The van der Waals surface area contributed by atoms with E-state index in [0.717, 1.165) is 31.7 Å². The smallest absolute Gasteiger partial charge is 0.263 e. The van der Waals surface area contributed by atoms with Crippen molar-refractivity contribution < 1.29 is 9.53 Å². The molecule has 0 aromatic heterocycles. The van der Waals surface area contributed by atoms with E-state index in [9.17, 15) is 4.79 Å². The predicted molar refractivity (Wildman–Crippen MR) is 101 cm³/mol. The van der Waals surface area contributed by atoms with Crippen LogP contribution in [0.2, 0.25) is 0 Å². The van der Waals surface area contributed by atoms with Gasteiger partial charge >= 0.3 is 0 Å². The Labute approximate surface area is 152 Å². The van der Waals surface area contributed by atoms with Crippen LogP contribution in [-0.4, -0.2) is 36.0 Å². The molecule has 3 atom stereocenters. The van der Waals surface area contributed by atoms with E-state index in [0.29, 0.717) is 11.8 Å². The molecule has 24 heavy (non-hydrogen) atoms. The number of halogens is 1. The maximum Gasteiger partial charge on any atom is 0.263 e. The number of piperidine rings is 1. The van der Waals surface area contributed by atoms with Crippen LogP contribution in [-0.2, 0) is 4.79 Å². The first kappa shape index (κ1) is 20.8. The van der Waals surface area contributed by atoms with Crippen molar-refractivity contribution in [1.29, 1.82) is 0 Å². The Balaban J connectivity index is 0.00000288. The van der Waals surface area contributed by atoms with E-state index in [-0.39, 0.29) is 24.4 Å². The van der Waals surface area contributed by atoms with Gasteiger partial charge in [0.15, 0.2) is 6.10 Å². The number of hydrogen-bond donors (Lipinski definition) is 1. The number of likely N-dealkylation sites (tertiary alicyclic amines) is 1. The van der Waals surface area contributed by atoms with Gasteiger partial charge in [0.25, 0.3) is 5.91 Å². The fourth-order valence-corrected chi connectivity index (χ4v) is 3.10. The van der Waals surface area contributed by atoms with Crippen LogP contribution in [0.25, 0.3) is 0 Å². The molecular weight excluding hydrogens is 324 g/mol. The Hall–Kier alpha value is -1.26. The summed E-state index contributed by atoms with van der Waals surface area (Å²) in [6.45, 7) is 9.71. The number of carbonyl (C=O) groups is 1. The van der Waals surface area contributed by atoms with Crippen molar-refractivity contribution in [2.45, 2.75) is 58.6 Å². The van der Waals surface area contributed by atoms with Crippen LogP contribution in [0.4, 0.5) is 0 Å². The largest absolute Gasteiger partial charge is 0.481 e. The van der Waals surface area contributed by atoms with Gasteiger partial charge in [0, 0.05) is 19.1 Å². The zero-order valence-electron chi connectivity index (χ0n) is 15.2. The molecular formula is C19H31ClN2O2. The number of rotatable bonds is 5. The van der Waals surface area contributed by atoms with E-state index in [2.05, 4.69) is 19.9 Å². The molecule has 136 valence electrons. The highest BCUT2D eigenvalue weighted by Gasteiger charge is 2.29. The number of amides is 1. The Morgan fingerprint density at radius 2 is 2.00 bits per heavy atom. The number of nitrogens with two attached hydrogens (primary N) is 1. The number of ether oxygens (including phenoxy) is 1. The zero-order valence-corrected chi connectivity index (χ0v) is 16.0. The Bertz CT molecular complexity index is 534. The Morgan fingerprint density at radius 3 is 2.62 bits per heavy atom. The van der Waals surface area contributed by atoms with Crippen molar-refractivity contribution in [1.82, 2.24) is 4.90 Å².